The lowest BCUT2D eigenvalue weighted by Crippen LogP contribution is -2.44. The minimum atomic E-state index is -4.51. The molecule has 3 aromatic rings. The van der Waals surface area contributed by atoms with Crippen molar-refractivity contribution in [1.82, 2.24) is 15.1 Å². The smallest absolute Gasteiger partial charge is 0.353 e. The van der Waals surface area contributed by atoms with Crippen molar-refractivity contribution in [3.05, 3.63) is 71.8 Å². The highest BCUT2D eigenvalue weighted by Crippen LogP contribution is 2.30. The summed E-state index contributed by atoms with van der Waals surface area (Å²) >= 11 is 0. The average Bonchev–Trinajstić information content (AvgIpc) is 2.79. The number of carbonyl (C=O) groups excluding carboxylic acids is 1. The number of piperazine rings is 1. The third-order valence-electron chi connectivity index (χ3n) is 5.35. The normalized spacial score (nSPS) is 14.9. The van der Waals surface area contributed by atoms with E-state index in [0.717, 1.165) is 49.7 Å². The van der Waals surface area contributed by atoms with Gasteiger partial charge in [-0.3, -0.25) is 4.79 Å². The van der Waals surface area contributed by atoms with Crippen molar-refractivity contribution in [2.75, 3.05) is 43.4 Å². The molecular formula is C23H22F3N5O. The van der Waals surface area contributed by atoms with Crippen LogP contribution in [0.4, 0.5) is 24.7 Å². The summed E-state index contributed by atoms with van der Waals surface area (Å²) in [5.74, 6) is 0.195. The van der Waals surface area contributed by atoms with Gasteiger partial charge in [0, 0.05) is 43.0 Å². The molecule has 1 amide bonds. The van der Waals surface area contributed by atoms with Gasteiger partial charge in [0.05, 0.1) is 11.3 Å². The van der Waals surface area contributed by atoms with Gasteiger partial charge in [0.15, 0.2) is 5.82 Å². The monoisotopic (exact) mass is 441 g/mol. The number of carbonyl (C=O) groups is 1. The first-order valence-electron chi connectivity index (χ1n) is 10.2. The zero-order chi connectivity index (χ0) is 22.7. The molecule has 1 N–H and O–H groups in total. The van der Waals surface area contributed by atoms with Crippen LogP contribution in [0.15, 0.2) is 60.7 Å². The quantitative estimate of drug-likeness (QED) is 0.659. The highest BCUT2D eigenvalue weighted by atomic mass is 19.4. The van der Waals surface area contributed by atoms with Crippen LogP contribution in [0.5, 0.6) is 0 Å². The van der Waals surface area contributed by atoms with Crippen LogP contribution >= 0.6 is 0 Å². The minimum Gasteiger partial charge on any atom is -0.353 e. The van der Waals surface area contributed by atoms with E-state index in [1.165, 1.54) is 12.1 Å². The van der Waals surface area contributed by atoms with Crippen LogP contribution in [-0.4, -0.2) is 54.2 Å². The van der Waals surface area contributed by atoms with Crippen LogP contribution in [0.3, 0.4) is 0 Å². The van der Waals surface area contributed by atoms with Gasteiger partial charge in [0.25, 0.3) is 5.91 Å². The zero-order valence-electron chi connectivity index (χ0n) is 17.4. The maximum absolute atomic E-state index is 12.9. The molecule has 0 spiro atoms. The maximum atomic E-state index is 12.9. The third kappa shape index (κ3) is 5.05. The molecule has 0 atom stereocenters. The van der Waals surface area contributed by atoms with E-state index in [4.69, 9.17) is 0 Å². The van der Waals surface area contributed by atoms with Crippen molar-refractivity contribution in [1.29, 1.82) is 0 Å². The molecule has 1 aliphatic rings. The molecule has 0 saturated carbocycles. The number of anilines is 2. The molecule has 1 aliphatic heterocycles. The fourth-order valence-electron chi connectivity index (χ4n) is 3.48. The second-order valence-electron chi connectivity index (χ2n) is 7.68. The van der Waals surface area contributed by atoms with Gasteiger partial charge in [0.2, 0.25) is 0 Å². The van der Waals surface area contributed by atoms with Crippen LogP contribution in [-0.2, 0) is 6.18 Å². The van der Waals surface area contributed by atoms with E-state index in [9.17, 15) is 18.0 Å². The third-order valence-corrected chi connectivity index (χ3v) is 5.35. The van der Waals surface area contributed by atoms with Gasteiger partial charge in [-0.1, -0.05) is 18.2 Å². The fraction of sp³-hybridized carbons (Fsp3) is 0.261. The highest BCUT2D eigenvalue weighted by molar-refractivity contribution is 6.04. The van der Waals surface area contributed by atoms with Crippen molar-refractivity contribution in [3.8, 4) is 11.3 Å². The van der Waals surface area contributed by atoms with E-state index in [1.807, 2.05) is 18.2 Å². The van der Waals surface area contributed by atoms with Crippen molar-refractivity contribution in [3.63, 3.8) is 0 Å². The molecule has 0 aliphatic carbocycles. The number of amides is 1. The summed E-state index contributed by atoms with van der Waals surface area (Å²) in [6.07, 6.45) is -4.51. The number of nitrogens with zero attached hydrogens (tertiary/aromatic N) is 4. The van der Waals surface area contributed by atoms with E-state index in [-0.39, 0.29) is 5.56 Å². The van der Waals surface area contributed by atoms with Crippen LogP contribution in [0, 0.1) is 0 Å². The standard InChI is InChI=1S/C23H22F3N5O/c1-30-10-12-31(13-11-30)21-9-8-20(28-29-21)16-4-3-7-19(15-16)27-22(32)17-5-2-6-18(14-17)23(24,25)26/h2-9,14-15H,10-13H2,1H3,(H,27,32). The molecule has 9 heteroatoms. The first-order chi connectivity index (χ1) is 15.3. The topological polar surface area (TPSA) is 61.4 Å². The second-order valence-corrected chi connectivity index (χ2v) is 7.68. The Morgan fingerprint density at radius 1 is 0.938 bits per heavy atom. The van der Waals surface area contributed by atoms with Gasteiger partial charge in [0.1, 0.15) is 0 Å². The summed E-state index contributed by atoms with van der Waals surface area (Å²) in [5, 5.41) is 11.3. The largest absolute Gasteiger partial charge is 0.416 e. The van der Waals surface area contributed by atoms with Gasteiger partial charge < -0.3 is 15.1 Å². The Balaban J connectivity index is 1.47. The summed E-state index contributed by atoms with van der Waals surface area (Å²) in [6.45, 7) is 3.72. The molecule has 166 valence electrons. The highest BCUT2D eigenvalue weighted by Gasteiger charge is 2.30. The summed E-state index contributed by atoms with van der Waals surface area (Å²) in [4.78, 5) is 16.9. The lowest BCUT2D eigenvalue weighted by Gasteiger charge is -2.32. The molecule has 1 fully saturated rings. The first kappa shape index (κ1) is 21.8. The molecule has 1 saturated heterocycles. The molecule has 4 rings (SSSR count). The zero-order valence-corrected chi connectivity index (χ0v) is 17.4. The van der Waals surface area contributed by atoms with E-state index < -0.39 is 17.6 Å². The van der Waals surface area contributed by atoms with Crippen LogP contribution in [0.25, 0.3) is 11.3 Å². The lowest BCUT2D eigenvalue weighted by molar-refractivity contribution is -0.137. The van der Waals surface area contributed by atoms with E-state index >= 15 is 0 Å². The summed E-state index contributed by atoms with van der Waals surface area (Å²) in [6, 6.07) is 15.1. The lowest BCUT2D eigenvalue weighted by atomic mass is 10.1. The van der Waals surface area contributed by atoms with Gasteiger partial charge >= 0.3 is 6.18 Å². The molecule has 0 radical (unpaired) electrons. The Bertz CT molecular complexity index is 1090. The summed E-state index contributed by atoms with van der Waals surface area (Å²) in [5.41, 5.74) is 0.897. The second kappa shape index (κ2) is 8.96. The Labute approximate surface area is 183 Å². The van der Waals surface area contributed by atoms with Gasteiger partial charge in [-0.05, 0) is 49.5 Å². The van der Waals surface area contributed by atoms with Crippen LogP contribution in [0.2, 0.25) is 0 Å². The van der Waals surface area contributed by atoms with Crippen LogP contribution in [0.1, 0.15) is 15.9 Å². The Kier molecular flexibility index (Phi) is 6.09. The number of alkyl halides is 3. The van der Waals surface area contributed by atoms with Crippen molar-refractivity contribution < 1.29 is 18.0 Å². The van der Waals surface area contributed by atoms with Gasteiger partial charge in [-0.25, -0.2) is 0 Å². The number of benzene rings is 2. The first-order valence-corrected chi connectivity index (χ1v) is 10.2. The van der Waals surface area contributed by atoms with E-state index in [0.29, 0.717) is 11.4 Å². The molecule has 0 bridgehead atoms. The van der Waals surface area contributed by atoms with Crippen LogP contribution < -0.4 is 10.2 Å². The maximum Gasteiger partial charge on any atom is 0.416 e. The van der Waals surface area contributed by atoms with Crippen molar-refractivity contribution >= 4 is 17.4 Å². The Morgan fingerprint density at radius 2 is 1.69 bits per heavy atom. The molecule has 0 unspecified atom stereocenters. The van der Waals surface area contributed by atoms with Gasteiger partial charge in [-0.15, -0.1) is 10.2 Å². The summed E-state index contributed by atoms with van der Waals surface area (Å²) in [7, 11) is 2.09. The predicted octanol–water partition coefficient (Wildman–Crippen LogP) is 4.17. The minimum absolute atomic E-state index is 0.0680. The number of nitrogens with one attached hydrogen (secondary N) is 1. The molecule has 32 heavy (non-hydrogen) atoms. The molecule has 1 aromatic heterocycles. The number of hydrogen-bond acceptors (Lipinski definition) is 5. The molecular weight excluding hydrogens is 419 g/mol. The molecule has 2 heterocycles. The Morgan fingerprint density at radius 3 is 2.38 bits per heavy atom. The van der Waals surface area contributed by atoms with Gasteiger partial charge in [-0.2, -0.15) is 13.2 Å². The molecule has 2 aromatic carbocycles. The fourth-order valence-corrected chi connectivity index (χ4v) is 3.48. The number of likely N-dealkylation sites (N-methyl/N-ethyl adjacent to an activating group) is 1. The Hall–Kier alpha value is -3.46. The number of hydrogen-bond donors (Lipinski definition) is 1. The van der Waals surface area contributed by atoms with E-state index in [1.54, 1.807) is 18.2 Å². The number of halogens is 3. The average molecular weight is 441 g/mol. The van der Waals surface area contributed by atoms with Crippen molar-refractivity contribution in [2.45, 2.75) is 6.18 Å². The van der Waals surface area contributed by atoms with Crippen molar-refractivity contribution in [2.24, 2.45) is 0 Å². The number of rotatable bonds is 4. The SMILES string of the molecule is CN1CCN(c2ccc(-c3cccc(NC(=O)c4cccc(C(F)(F)F)c4)c3)nn2)CC1. The molecule has 6 nitrogen and oxygen atoms in total. The van der Waals surface area contributed by atoms with E-state index in [2.05, 4.69) is 32.4 Å². The summed E-state index contributed by atoms with van der Waals surface area (Å²) < 4.78 is 38.7. The predicted molar refractivity (Wildman–Crippen MR) is 117 cm³/mol. The number of aromatic nitrogens is 2.